The molecular formula is C9H13N3O2. The van der Waals surface area contributed by atoms with Crippen LogP contribution in [-0.2, 0) is 24.7 Å². The van der Waals surface area contributed by atoms with E-state index in [1.54, 1.807) is 0 Å². The highest BCUT2D eigenvalue weighted by Crippen LogP contribution is 2.28. The third kappa shape index (κ3) is 1.05. The van der Waals surface area contributed by atoms with Gasteiger partial charge in [-0.2, -0.15) is 0 Å². The van der Waals surface area contributed by atoms with Gasteiger partial charge in [-0.15, -0.1) is 0 Å². The van der Waals surface area contributed by atoms with E-state index in [1.807, 2.05) is 18.5 Å². The van der Waals surface area contributed by atoms with Gasteiger partial charge < -0.3 is 15.4 Å². The monoisotopic (exact) mass is 195 g/mol. The molecule has 1 aromatic heterocycles. The van der Waals surface area contributed by atoms with Gasteiger partial charge in [0, 0.05) is 25.6 Å². The minimum atomic E-state index is -1.15. The summed E-state index contributed by atoms with van der Waals surface area (Å²) in [5, 5.41) is 8.96. The lowest BCUT2D eigenvalue weighted by Crippen LogP contribution is -2.49. The second kappa shape index (κ2) is 2.57. The van der Waals surface area contributed by atoms with Gasteiger partial charge in [-0.05, 0) is 6.92 Å². The molecule has 0 aromatic carbocycles. The Morgan fingerprint density at radius 2 is 2.29 bits per heavy atom. The molecule has 1 heterocycles. The Hall–Kier alpha value is -1.36. The number of aryl methyl sites for hydroxylation is 1. The molecular weight excluding hydrogens is 182 g/mol. The van der Waals surface area contributed by atoms with Gasteiger partial charge in [0.1, 0.15) is 11.4 Å². The molecule has 0 aliphatic heterocycles. The molecule has 5 nitrogen and oxygen atoms in total. The molecule has 0 amide bonds. The predicted octanol–water partition coefficient (Wildman–Crippen LogP) is -0.391. The zero-order valence-corrected chi connectivity index (χ0v) is 8.24. The van der Waals surface area contributed by atoms with Crippen LogP contribution in [0.1, 0.15) is 17.2 Å². The highest BCUT2D eigenvalue weighted by molar-refractivity contribution is 5.80. The first-order chi connectivity index (χ1) is 6.44. The maximum absolute atomic E-state index is 10.9. The third-order valence-electron chi connectivity index (χ3n) is 2.91. The van der Waals surface area contributed by atoms with Crippen LogP contribution in [0.4, 0.5) is 0 Å². The molecule has 1 aliphatic carbocycles. The van der Waals surface area contributed by atoms with Crippen LogP contribution in [0.25, 0.3) is 0 Å². The van der Waals surface area contributed by atoms with Crippen molar-refractivity contribution < 1.29 is 9.90 Å². The van der Waals surface area contributed by atoms with E-state index in [4.69, 9.17) is 10.8 Å². The van der Waals surface area contributed by atoms with Crippen LogP contribution < -0.4 is 5.73 Å². The molecule has 5 heteroatoms. The normalized spacial score (nSPS) is 25.1. The molecule has 0 saturated carbocycles. The summed E-state index contributed by atoms with van der Waals surface area (Å²) in [5.41, 5.74) is 6.39. The molecule has 0 radical (unpaired) electrons. The Morgan fingerprint density at radius 3 is 2.79 bits per heavy atom. The van der Waals surface area contributed by atoms with Gasteiger partial charge in [-0.1, -0.05) is 0 Å². The zero-order valence-electron chi connectivity index (χ0n) is 8.24. The van der Waals surface area contributed by atoms with Gasteiger partial charge in [-0.3, -0.25) is 4.79 Å². The molecule has 0 spiro atoms. The molecule has 76 valence electrons. The van der Waals surface area contributed by atoms with Crippen molar-refractivity contribution >= 4 is 5.97 Å². The van der Waals surface area contributed by atoms with E-state index in [1.165, 1.54) is 0 Å². The van der Waals surface area contributed by atoms with Crippen molar-refractivity contribution in [2.75, 3.05) is 0 Å². The van der Waals surface area contributed by atoms with E-state index in [2.05, 4.69) is 4.98 Å². The highest BCUT2D eigenvalue weighted by Gasteiger charge is 2.43. The quantitative estimate of drug-likeness (QED) is 0.639. The molecule has 2 rings (SSSR count). The van der Waals surface area contributed by atoms with Crippen LogP contribution in [0.5, 0.6) is 0 Å². The Labute approximate surface area is 81.5 Å². The highest BCUT2D eigenvalue weighted by atomic mass is 16.4. The second-order valence-corrected chi connectivity index (χ2v) is 3.93. The van der Waals surface area contributed by atoms with Crippen molar-refractivity contribution in [3.8, 4) is 0 Å². The number of rotatable bonds is 1. The van der Waals surface area contributed by atoms with Gasteiger partial charge in [-0.25, -0.2) is 4.98 Å². The minimum Gasteiger partial charge on any atom is -0.480 e. The van der Waals surface area contributed by atoms with Gasteiger partial charge in [0.05, 0.1) is 5.69 Å². The summed E-state index contributed by atoms with van der Waals surface area (Å²) in [4.78, 5) is 15.2. The number of carboxylic acids is 1. The summed E-state index contributed by atoms with van der Waals surface area (Å²) in [6.07, 6.45) is 0.703. The average molecular weight is 195 g/mol. The first-order valence-corrected chi connectivity index (χ1v) is 4.47. The van der Waals surface area contributed by atoms with Crippen molar-refractivity contribution in [2.45, 2.75) is 25.3 Å². The Morgan fingerprint density at radius 1 is 1.64 bits per heavy atom. The van der Waals surface area contributed by atoms with Gasteiger partial charge in [0.2, 0.25) is 0 Å². The second-order valence-electron chi connectivity index (χ2n) is 3.93. The van der Waals surface area contributed by atoms with E-state index in [-0.39, 0.29) is 0 Å². The SMILES string of the molecule is Cc1nc2c(n1C)CC(N)(C(=O)O)C2. The number of nitrogens with two attached hydrogens (primary N) is 1. The summed E-state index contributed by atoms with van der Waals surface area (Å²) >= 11 is 0. The number of fused-ring (bicyclic) bond motifs is 1. The van der Waals surface area contributed by atoms with E-state index in [0.717, 1.165) is 17.2 Å². The first kappa shape index (κ1) is 9.21. The fourth-order valence-corrected chi connectivity index (χ4v) is 1.90. The largest absolute Gasteiger partial charge is 0.480 e. The van der Waals surface area contributed by atoms with E-state index in [0.29, 0.717) is 12.8 Å². The van der Waals surface area contributed by atoms with Crippen LogP contribution in [0, 0.1) is 6.92 Å². The van der Waals surface area contributed by atoms with Crippen LogP contribution in [-0.4, -0.2) is 26.2 Å². The number of aliphatic carboxylic acids is 1. The number of nitrogens with zero attached hydrogens (tertiary/aromatic N) is 2. The fraction of sp³-hybridized carbons (Fsp3) is 0.556. The molecule has 1 aromatic rings. The molecule has 0 bridgehead atoms. The van der Waals surface area contributed by atoms with E-state index < -0.39 is 11.5 Å². The Balaban J connectivity index is 2.41. The number of hydrogen-bond acceptors (Lipinski definition) is 3. The lowest BCUT2D eigenvalue weighted by Gasteiger charge is -2.17. The molecule has 3 N–H and O–H groups in total. The molecule has 0 saturated heterocycles. The zero-order chi connectivity index (χ0) is 10.5. The van der Waals surface area contributed by atoms with Crippen molar-refractivity contribution in [3.63, 3.8) is 0 Å². The number of imidazole rings is 1. The first-order valence-electron chi connectivity index (χ1n) is 4.47. The van der Waals surface area contributed by atoms with Gasteiger partial charge >= 0.3 is 5.97 Å². The smallest absolute Gasteiger partial charge is 0.324 e. The minimum absolute atomic E-state index is 0.333. The molecule has 1 unspecified atom stereocenters. The summed E-state index contributed by atoms with van der Waals surface area (Å²) in [7, 11) is 1.88. The fourth-order valence-electron chi connectivity index (χ4n) is 1.90. The van der Waals surface area contributed by atoms with Gasteiger partial charge in [0.25, 0.3) is 0 Å². The maximum atomic E-state index is 10.9. The van der Waals surface area contributed by atoms with Crippen molar-refractivity contribution in [1.82, 2.24) is 9.55 Å². The van der Waals surface area contributed by atoms with Gasteiger partial charge in [0.15, 0.2) is 0 Å². The van der Waals surface area contributed by atoms with Crippen LogP contribution >= 0.6 is 0 Å². The lowest BCUT2D eigenvalue weighted by molar-refractivity contribution is -0.143. The number of carbonyl (C=O) groups is 1. The van der Waals surface area contributed by atoms with Crippen molar-refractivity contribution in [1.29, 1.82) is 0 Å². The van der Waals surface area contributed by atoms with E-state index >= 15 is 0 Å². The summed E-state index contributed by atoms with van der Waals surface area (Å²) in [5.74, 6) is -0.0457. The van der Waals surface area contributed by atoms with Crippen LogP contribution in [0.2, 0.25) is 0 Å². The molecule has 14 heavy (non-hydrogen) atoms. The number of aromatic nitrogens is 2. The topological polar surface area (TPSA) is 81.1 Å². The Bertz CT molecular complexity index is 410. The molecule has 1 aliphatic rings. The summed E-state index contributed by atoms with van der Waals surface area (Å²) < 4.78 is 1.91. The molecule has 0 fully saturated rings. The standard InChI is InChI=1S/C9H13N3O2/c1-5-11-6-3-9(10,8(13)14)4-7(6)12(5)2/h3-4,10H2,1-2H3,(H,13,14). The van der Waals surface area contributed by atoms with E-state index in [9.17, 15) is 4.79 Å². The summed E-state index contributed by atoms with van der Waals surface area (Å²) in [6.45, 7) is 1.90. The van der Waals surface area contributed by atoms with Crippen LogP contribution in [0.15, 0.2) is 0 Å². The maximum Gasteiger partial charge on any atom is 0.324 e. The van der Waals surface area contributed by atoms with Crippen molar-refractivity contribution in [2.24, 2.45) is 12.8 Å². The number of carboxylic acid groups (broad SMARTS) is 1. The lowest BCUT2D eigenvalue weighted by atomic mass is 9.98. The van der Waals surface area contributed by atoms with Crippen molar-refractivity contribution in [3.05, 3.63) is 17.2 Å². The van der Waals surface area contributed by atoms with Crippen LogP contribution in [0.3, 0.4) is 0 Å². The Kier molecular flexibility index (Phi) is 1.69. The average Bonchev–Trinajstić information content (AvgIpc) is 2.52. The molecule has 1 atom stereocenters. The summed E-state index contributed by atoms with van der Waals surface area (Å²) in [6, 6.07) is 0. The third-order valence-corrected chi connectivity index (χ3v) is 2.91. The number of hydrogen-bond donors (Lipinski definition) is 2. The predicted molar refractivity (Wildman–Crippen MR) is 49.9 cm³/mol.